The van der Waals surface area contributed by atoms with Gasteiger partial charge in [-0.1, -0.05) is 45.0 Å². The maximum atomic E-state index is 3.51. The van der Waals surface area contributed by atoms with Crippen LogP contribution < -0.4 is 5.32 Å². The number of nitrogens with one attached hydrogen (secondary N) is 1. The van der Waals surface area contributed by atoms with Gasteiger partial charge in [0.1, 0.15) is 0 Å². The van der Waals surface area contributed by atoms with Gasteiger partial charge in [-0.15, -0.1) is 0 Å². The van der Waals surface area contributed by atoms with Gasteiger partial charge in [-0.3, -0.25) is 4.90 Å². The van der Waals surface area contributed by atoms with E-state index in [0.717, 1.165) is 12.5 Å². The number of hydrogen-bond acceptors (Lipinski definition) is 2. The van der Waals surface area contributed by atoms with Gasteiger partial charge in [0, 0.05) is 18.6 Å². The first kappa shape index (κ1) is 16.5. The fraction of sp³-hybridized carbons (Fsp3) is 0.684. The van der Waals surface area contributed by atoms with Crippen molar-refractivity contribution in [3.8, 4) is 0 Å². The molecule has 0 aliphatic carbocycles. The Morgan fingerprint density at radius 1 is 1.14 bits per heavy atom. The second-order valence-corrected chi connectivity index (χ2v) is 7.02. The number of piperidine rings is 1. The van der Waals surface area contributed by atoms with E-state index in [1.807, 2.05) is 0 Å². The van der Waals surface area contributed by atoms with E-state index in [4.69, 9.17) is 0 Å². The van der Waals surface area contributed by atoms with E-state index in [0.29, 0.717) is 18.0 Å². The van der Waals surface area contributed by atoms with Gasteiger partial charge >= 0.3 is 0 Å². The Morgan fingerprint density at radius 3 is 2.33 bits per heavy atom. The van der Waals surface area contributed by atoms with Crippen LogP contribution in [0.3, 0.4) is 0 Å². The van der Waals surface area contributed by atoms with Gasteiger partial charge in [-0.25, -0.2) is 0 Å². The standard InChI is InChI=1S/C19H32N2/c1-14(2)17-8-10-18(11-9-17)19(20-5)13-21-12-6-7-15(3)16(21)4/h8-11,14-16,19-20H,6-7,12-13H2,1-5H3. The van der Waals surface area contributed by atoms with Crippen LogP contribution in [0.4, 0.5) is 0 Å². The van der Waals surface area contributed by atoms with Crippen molar-refractivity contribution in [2.24, 2.45) is 5.92 Å². The highest BCUT2D eigenvalue weighted by molar-refractivity contribution is 5.27. The average molecular weight is 288 g/mol. The molecule has 2 rings (SSSR count). The highest BCUT2D eigenvalue weighted by Gasteiger charge is 2.26. The molecule has 3 unspecified atom stereocenters. The summed E-state index contributed by atoms with van der Waals surface area (Å²) >= 11 is 0. The maximum absolute atomic E-state index is 3.51. The summed E-state index contributed by atoms with van der Waals surface area (Å²) in [4.78, 5) is 2.66. The largest absolute Gasteiger partial charge is 0.312 e. The van der Waals surface area contributed by atoms with Crippen molar-refractivity contribution < 1.29 is 0 Å². The number of benzene rings is 1. The molecule has 1 aromatic rings. The van der Waals surface area contributed by atoms with E-state index in [1.165, 1.54) is 30.5 Å². The van der Waals surface area contributed by atoms with Crippen molar-refractivity contribution in [1.82, 2.24) is 10.2 Å². The van der Waals surface area contributed by atoms with Crippen molar-refractivity contribution in [2.45, 2.75) is 58.5 Å². The molecule has 1 aromatic carbocycles. The topological polar surface area (TPSA) is 15.3 Å². The van der Waals surface area contributed by atoms with Crippen molar-refractivity contribution in [3.63, 3.8) is 0 Å². The van der Waals surface area contributed by atoms with Crippen LogP contribution in [0.5, 0.6) is 0 Å². The predicted octanol–water partition coefficient (Wildman–Crippen LogP) is 4.19. The lowest BCUT2D eigenvalue weighted by Crippen LogP contribution is -2.45. The van der Waals surface area contributed by atoms with Crippen molar-refractivity contribution in [2.75, 3.05) is 20.1 Å². The van der Waals surface area contributed by atoms with Crippen LogP contribution >= 0.6 is 0 Å². The lowest BCUT2D eigenvalue weighted by atomic mass is 9.91. The molecule has 0 saturated carbocycles. The summed E-state index contributed by atoms with van der Waals surface area (Å²) in [5.74, 6) is 1.43. The zero-order valence-corrected chi connectivity index (χ0v) is 14.4. The van der Waals surface area contributed by atoms with Crippen molar-refractivity contribution in [1.29, 1.82) is 0 Å². The lowest BCUT2D eigenvalue weighted by molar-refractivity contribution is 0.103. The molecule has 1 N–H and O–H groups in total. The minimum Gasteiger partial charge on any atom is -0.312 e. The molecule has 2 nitrogen and oxygen atoms in total. The van der Waals surface area contributed by atoms with E-state index in [-0.39, 0.29) is 0 Å². The minimum atomic E-state index is 0.430. The summed E-state index contributed by atoms with van der Waals surface area (Å²) < 4.78 is 0. The first-order valence-corrected chi connectivity index (χ1v) is 8.54. The average Bonchev–Trinajstić information content (AvgIpc) is 2.49. The normalized spacial score (nSPS) is 25.2. The Morgan fingerprint density at radius 2 is 1.76 bits per heavy atom. The molecule has 2 heteroatoms. The van der Waals surface area contributed by atoms with Crippen LogP contribution in [0.25, 0.3) is 0 Å². The number of hydrogen-bond donors (Lipinski definition) is 1. The van der Waals surface area contributed by atoms with Crippen LogP contribution in [-0.4, -0.2) is 31.1 Å². The molecule has 1 fully saturated rings. The molecule has 0 aromatic heterocycles. The molecule has 0 radical (unpaired) electrons. The number of likely N-dealkylation sites (tertiary alicyclic amines) is 1. The molecule has 1 saturated heterocycles. The molecular formula is C19H32N2. The summed E-state index contributed by atoms with van der Waals surface area (Å²) in [6.07, 6.45) is 2.72. The Kier molecular flexibility index (Phi) is 5.83. The van der Waals surface area contributed by atoms with Gasteiger partial charge in [-0.2, -0.15) is 0 Å². The summed E-state index contributed by atoms with van der Waals surface area (Å²) in [7, 11) is 2.08. The van der Waals surface area contributed by atoms with Crippen LogP contribution in [0.1, 0.15) is 63.6 Å². The fourth-order valence-corrected chi connectivity index (χ4v) is 3.39. The van der Waals surface area contributed by atoms with Crippen LogP contribution in [0.2, 0.25) is 0 Å². The monoisotopic (exact) mass is 288 g/mol. The van der Waals surface area contributed by atoms with E-state index in [2.05, 4.69) is 69.2 Å². The third-order valence-corrected chi connectivity index (χ3v) is 5.28. The van der Waals surface area contributed by atoms with Gasteiger partial charge in [0.15, 0.2) is 0 Å². The highest BCUT2D eigenvalue weighted by Crippen LogP contribution is 2.26. The highest BCUT2D eigenvalue weighted by atomic mass is 15.2. The van der Waals surface area contributed by atoms with E-state index in [1.54, 1.807) is 0 Å². The number of likely N-dealkylation sites (N-methyl/N-ethyl adjacent to an activating group) is 1. The molecule has 3 atom stereocenters. The second kappa shape index (κ2) is 7.42. The van der Waals surface area contributed by atoms with Gasteiger partial charge in [-0.05, 0) is 56.3 Å². The molecular weight excluding hydrogens is 256 g/mol. The summed E-state index contributed by atoms with van der Waals surface area (Å²) in [6, 6.07) is 10.3. The van der Waals surface area contributed by atoms with Crippen molar-refractivity contribution >= 4 is 0 Å². The fourth-order valence-electron chi connectivity index (χ4n) is 3.39. The summed E-state index contributed by atoms with van der Waals surface area (Å²) in [5, 5.41) is 3.51. The Bertz CT molecular complexity index is 424. The van der Waals surface area contributed by atoms with Crippen molar-refractivity contribution in [3.05, 3.63) is 35.4 Å². The van der Waals surface area contributed by atoms with E-state index >= 15 is 0 Å². The molecule has 1 aliphatic rings. The first-order valence-electron chi connectivity index (χ1n) is 8.54. The van der Waals surface area contributed by atoms with Crippen LogP contribution in [-0.2, 0) is 0 Å². The number of rotatable bonds is 5. The van der Waals surface area contributed by atoms with Crippen LogP contribution in [0.15, 0.2) is 24.3 Å². The molecule has 21 heavy (non-hydrogen) atoms. The van der Waals surface area contributed by atoms with Gasteiger partial charge < -0.3 is 5.32 Å². The first-order chi connectivity index (χ1) is 10.0. The molecule has 1 heterocycles. The third-order valence-electron chi connectivity index (χ3n) is 5.28. The molecule has 0 bridgehead atoms. The Hall–Kier alpha value is -0.860. The Labute approximate surface area is 130 Å². The van der Waals surface area contributed by atoms with Crippen LogP contribution in [0, 0.1) is 5.92 Å². The Balaban J connectivity index is 2.05. The van der Waals surface area contributed by atoms with Gasteiger partial charge in [0.25, 0.3) is 0 Å². The number of nitrogens with zero attached hydrogens (tertiary/aromatic N) is 1. The molecule has 118 valence electrons. The van der Waals surface area contributed by atoms with Gasteiger partial charge in [0.2, 0.25) is 0 Å². The third kappa shape index (κ3) is 4.08. The van der Waals surface area contributed by atoms with E-state index in [9.17, 15) is 0 Å². The SMILES string of the molecule is CNC(CN1CCCC(C)C1C)c1ccc(C(C)C)cc1. The van der Waals surface area contributed by atoms with E-state index < -0.39 is 0 Å². The minimum absolute atomic E-state index is 0.430. The predicted molar refractivity (Wildman–Crippen MR) is 91.8 cm³/mol. The molecule has 0 spiro atoms. The zero-order chi connectivity index (χ0) is 15.4. The molecule has 1 aliphatic heterocycles. The quantitative estimate of drug-likeness (QED) is 0.874. The molecule has 0 amide bonds. The zero-order valence-electron chi connectivity index (χ0n) is 14.4. The lowest BCUT2D eigenvalue weighted by Gasteiger charge is -2.39. The maximum Gasteiger partial charge on any atom is 0.0446 e. The van der Waals surface area contributed by atoms with Gasteiger partial charge in [0.05, 0.1) is 0 Å². The smallest absolute Gasteiger partial charge is 0.0446 e. The summed E-state index contributed by atoms with van der Waals surface area (Å²) in [5.41, 5.74) is 2.83. The second-order valence-electron chi connectivity index (χ2n) is 7.02. The summed E-state index contributed by atoms with van der Waals surface area (Å²) in [6.45, 7) is 11.6.